The lowest BCUT2D eigenvalue weighted by Crippen LogP contribution is -2.33. The molecule has 1 aromatic rings. The monoisotopic (exact) mass is 281 g/mol. The highest BCUT2D eigenvalue weighted by Crippen LogP contribution is 2.27. The van der Waals surface area contributed by atoms with E-state index in [1.165, 1.54) is 37.7 Å². The van der Waals surface area contributed by atoms with Crippen LogP contribution in [0.5, 0.6) is 0 Å². The zero-order chi connectivity index (χ0) is 13.7. The molecule has 1 atom stereocenters. The predicted octanol–water partition coefficient (Wildman–Crippen LogP) is 3.19. The molecule has 2 heterocycles. The van der Waals surface area contributed by atoms with Crippen LogP contribution in [-0.4, -0.2) is 37.6 Å². The van der Waals surface area contributed by atoms with E-state index in [1.807, 2.05) is 0 Å². The fraction of sp³-hybridized carbons (Fsp3) is 0.667. The Morgan fingerprint density at radius 2 is 2.00 bits per heavy atom. The summed E-state index contributed by atoms with van der Waals surface area (Å²) >= 11 is 1.71. The van der Waals surface area contributed by atoms with Crippen molar-refractivity contribution in [3.05, 3.63) is 21.9 Å². The number of hydrogen-bond acceptors (Lipinski definition) is 4. The van der Waals surface area contributed by atoms with Crippen molar-refractivity contribution in [3.8, 4) is 0 Å². The number of likely N-dealkylation sites (tertiary alicyclic amines) is 1. The lowest BCUT2D eigenvalue weighted by Gasteiger charge is -2.24. The average molecular weight is 281 g/mol. The molecule has 19 heavy (non-hydrogen) atoms. The predicted molar refractivity (Wildman–Crippen MR) is 78.7 cm³/mol. The summed E-state index contributed by atoms with van der Waals surface area (Å²) < 4.78 is 4.99. The van der Waals surface area contributed by atoms with Gasteiger partial charge in [-0.15, -0.1) is 11.3 Å². The van der Waals surface area contributed by atoms with Crippen molar-refractivity contribution in [2.75, 3.05) is 26.7 Å². The first-order chi connectivity index (χ1) is 9.20. The van der Waals surface area contributed by atoms with Crippen LogP contribution in [0.2, 0.25) is 0 Å². The molecule has 1 unspecified atom stereocenters. The smallest absolute Gasteiger partial charge is 0.315 e. The number of hydrogen-bond donors (Lipinski definition) is 0. The summed E-state index contributed by atoms with van der Waals surface area (Å²) in [6.45, 7) is 5.09. The van der Waals surface area contributed by atoms with Crippen molar-refractivity contribution in [3.63, 3.8) is 0 Å². The van der Waals surface area contributed by atoms with Gasteiger partial charge in [0.15, 0.2) is 0 Å². The van der Waals surface area contributed by atoms with E-state index in [1.54, 1.807) is 11.3 Å². The van der Waals surface area contributed by atoms with E-state index >= 15 is 0 Å². The fourth-order valence-electron chi connectivity index (χ4n) is 2.64. The Bertz CT molecular complexity index is 408. The van der Waals surface area contributed by atoms with Crippen molar-refractivity contribution in [1.29, 1.82) is 0 Å². The van der Waals surface area contributed by atoms with Crippen molar-refractivity contribution in [2.24, 2.45) is 0 Å². The van der Waals surface area contributed by atoms with Gasteiger partial charge in [-0.3, -0.25) is 4.79 Å². The Labute approximate surface area is 119 Å². The third kappa shape index (κ3) is 4.05. The Morgan fingerprint density at radius 1 is 1.32 bits per heavy atom. The summed E-state index contributed by atoms with van der Waals surface area (Å²) in [5.74, 6) is -0.229. The number of nitrogens with zero attached hydrogens (tertiary/aromatic N) is 1. The van der Waals surface area contributed by atoms with Gasteiger partial charge >= 0.3 is 5.97 Å². The van der Waals surface area contributed by atoms with Crippen LogP contribution in [0.1, 0.15) is 41.4 Å². The second kappa shape index (κ2) is 7.06. The summed E-state index contributed by atoms with van der Waals surface area (Å²) in [6, 6.07) is 4.15. The van der Waals surface area contributed by atoms with Gasteiger partial charge in [0.25, 0.3) is 0 Å². The van der Waals surface area contributed by atoms with E-state index in [-0.39, 0.29) is 11.9 Å². The highest BCUT2D eigenvalue weighted by atomic mass is 32.1. The molecule has 1 aromatic heterocycles. The zero-order valence-electron chi connectivity index (χ0n) is 11.9. The van der Waals surface area contributed by atoms with Crippen LogP contribution in [0.15, 0.2) is 12.1 Å². The van der Waals surface area contributed by atoms with Gasteiger partial charge < -0.3 is 9.64 Å². The van der Waals surface area contributed by atoms with Crippen LogP contribution in [0.3, 0.4) is 0 Å². The second-order valence-electron chi connectivity index (χ2n) is 5.24. The second-order valence-corrected chi connectivity index (χ2v) is 6.56. The van der Waals surface area contributed by atoms with Crippen LogP contribution in [0.4, 0.5) is 0 Å². The molecule has 1 saturated heterocycles. The first-order valence-corrected chi connectivity index (χ1v) is 7.89. The minimum absolute atomic E-state index is 0.105. The van der Waals surface area contributed by atoms with E-state index in [9.17, 15) is 4.79 Å². The Hall–Kier alpha value is -0.870. The Morgan fingerprint density at radius 3 is 2.53 bits per heavy atom. The zero-order valence-corrected chi connectivity index (χ0v) is 12.7. The number of methoxy groups -OCH3 is 1. The first-order valence-electron chi connectivity index (χ1n) is 7.07. The minimum atomic E-state index is -0.123. The molecule has 2 rings (SSSR count). The lowest BCUT2D eigenvalue weighted by atomic mass is 10.1. The van der Waals surface area contributed by atoms with E-state index < -0.39 is 0 Å². The SMILES string of the molecule is COC(=O)C(CN1CCCCCC1)c1ccc(C)s1. The number of rotatable bonds is 4. The summed E-state index contributed by atoms with van der Waals surface area (Å²) in [4.78, 5) is 16.8. The molecule has 1 aliphatic heterocycles. The van der Waals surface area contributed by atoms with Crippen LogP contribution in [0, 0.1) is 6.92 Å². The molecule has 4 heteroatoms. The Kier molecular flexibility index (Phi) is 5.40. The normalized spacial score (nSPS) is 18.8. The number of thiophene rings is 1. The summed E-state index contributed by atoms with van der Waals surface area (Å²) in [7, 11) is 1.48. The summed E-state index contributed by atoms with van der Waals surface area (Å²) in [5, 5.41) is 0. The number of carbonyl (C=O) groups is 1. The molecule has 3 nitrogen and oxygen atoms in total. The standard InChI is InChI=1S/C15H23NO2S/c1-12-7-8-14(19-12)13(15(17)18-2)11-16-9-5-3-4-6-10-16/h7-8,13H,3-6,9-11H2,1-2H3. The third-order valence-corrected chi connectivity index (χ3v) is 4.84. The van der Waals surface area contributed by atoms with Gasteiger partial charge in [0.1, 0.15) is 5.92 Å². The molecular formula is C15H23NO2S. The molecule has 0 radical (unpaired) electrons. The van der Waals surface area contributed by atoms with Gasteiger partial charge in [0.05, 0.1) is 7.11 Å². The highest BCUT2D eigenvalue weighted by Gasteiger charge is 2.26. The van der Waals surface area contributed by atoms with E-state index in [4.69, 9.17) is 4.74 Å². The quantitative estimate of drug-likeness (QED) is 0.794. The molecule has 1 aliphatic rings. The van der Waals surface area contributed by atoms with Crippen molar-refractivity contribution >= 4 is 17.3 Å². The van der Waals surface area contributed by atoms with Crippen molar-refractivity contribution < 1.29 is 9.53 Å². The van der Waals surface area contributed by atoms with Gasteiger partial charge in [-0.05, 0) is 45.0 Å². The Balaban J connectivity index is 2.07. The molecule has 1 fully saturated rings. The van der Waals surface area contributed by atoms with Gasteiger partial charge in [-0.2, -0.15) is 0 Å². The largest absolute Gasteiger partial charge is 0.468 e. The lowest BCUT2D eigenvalue weighted by molar-refractivity contribution is -0.142. The number of esters is 1. The fourth-order valence-corrected chi connectivity index (χ4v) is 3.60. The maximum Gasteiger partial charge on any atom is 0.315 e. The van der Waals surface area contributed by atoms with Crippen LogP contribution in [-0.2, 0) is 9.53 Å². The maximum atomic E-state index is 12.0. The summed E-state index contributed by atoms with van der Waals surface area (Å²) in [6.07, 6.45) is 5.13. The van der Waals surface area contributed by atoms with Crippen molar-refractivity contribution in [1.82, 2.24) is 4.90 Å². The van der Waals surface area contributed by atoms with E-state index in [0.717, 1.165) is 24.5 Å². The molecule has 0 amide bonds. The molecule has 0 N–H and O–H groups in total. The minimum Gasteiger partial charge on any atom is -0.468 e. The highest BCUT2D eigenvalue weighted by molar-refractivity contribution is 7.12. The van der Waals surface area contributed by atoms with E-state index in [2.05, 4.69) is 24.0 Å². The number of aryl methyl sites for hydroxylation is 1. The molecule has 0 bridgehead atoms. The first kappa shape index (κ1) is 14.5. The van der Waals surface area contributed by atoms with Gasteiger partial charge in [-0.1, -0.05) is 12.8 Å². The third-order valence-electron chi connectivity index (χ3n) is 3.73. The molecule has 0 spiro atoms. The molecule has 106 valence electrons. The number of ether oxygens (including phenoxy) is 1. The van der Waals surface area contributed by atoms with Gasteiger partial charge in [0.2, 0.25) is 0 Å². The molecule has 0 aromatic carbocycles. The molecule has 0 aliphatic carbocycles. The van der Waals surface area contributed by atoms with Gasteiger partial charge in [0, 0.05) is 16.3 Å². The van der Waals surface area contributed by atoms with Crippen molar-refractivity contribution in [2.45, 2.75) is 38.5 Å². The van der Waals surface area contributed by atoms with Crippen LogP contribution < -0.4 is 0 Å². The van der Waals surface area contributed by atoms with E-state index in [0.29, 0.717) is 0 Å². The average Bonchev–Trinajstić information content (AvgIpc) is 2.68. The van der Waals surface area contributed by atoms with Crippen LogP contribution in [0.25, 0.3) is 0 Å². The molecular weight excluding hydrogens is 258 g/mol. The molecule has 0 saturated carbocycles. The topological polar surface area (TPSA) is 29.5 Å². The van der Waals surface area contributed by atoms with Crippen LogP contribution >= 0.6 is 11.3 Å². The summed E-state index contributed by atoms with van der Waals surface area (Å²) in [5.41, 5.74) is 0. The number of carbonyl (C=O) groups excluding carboxylic acids is 1. The van der Waals surface area contributed by atoms with Gasteiger partial charge in [-0.25, -0.2) is 0 Å². The maximum absolute atomic E-state index is 12.0.